The fourth-order valence-electron chi connectivity index (χ4n) is 1.18. The van der Waals surface area contributed by atoms with E-state index in [-0.39, 0.29) is 5.88 Å². The van der Waals surface area contributed by atoms with Crippen molar-refractivity contribution in [2.24, 2.45) is 0 Å². The summed E-state index contributed by atoms with van der Waals surface area (Å²) in [5.74, 6) is 0.279. The third-order valence-electron chi connectivity index (χ3n) is 1.83. The van der Waals surface area contributed by atoms with Crippen LogP contribution in [0.3, 0.4) is 0 Å². The van der Waals surface area contributed by atoms with Crippen molar-refractivity contribution in [3.8, 4) is 11.3 Å². The molecule has 0 atom stereocenters. The van der Waals surface area contributed by atoms with Gasteiger partial charge in [-0.05, 0) is 6.07 Å². The van der Waals surface area contributed by atoms with E-state index in [1.807, 2.05) is 30.3 Å². The lowest BCUT2D eigenvalue weighted by Gasteiger charge is -1.92. The quantitative estimate of drug-likeness (QED) is 0.539. The molecule has 2 rings (SSSR count). The van der Waals surface area contributed by atoms with Gasteiger partial charge in [0.05, 0.1) is 6.07 Å². The maximum Gasteiger partial charge on any atom is 0.433 e. The monoisotopic (exact) mass is 189 g/mol. The molecule has 0 unspecified atom stereocenters. The molecule has 0 aliphatic carbocycles. The molecule has 1 heterocycles. The summed E-state index contributed by atoms with van der Waals surface area (Å²) >= 11 is 0. The van der Waals surface area contributed by atoms with Crippen LogP contribution in [0.25, 0.3) is 11.3 Å². The van der Waals surface area contributed by atoms with Gasteiger partial charge in [-0.15, -0.1) is 0 Å². The van der Waals surface area contributed by atoms with Crippen LogP contribution in [0.2, 0.25) is 0 Å². The lowest BCUT2D eigenvalue weighted by Crippen LogP contribution is -1.82. The van der Waals surface area contributed by atoms with Crippen molar-refractivity contribution in [1.82, 2.24) is 0 Å². The standard InChI is InChI=1S/C10H7NO3/c12-11(13)10-7-6-9(14-10)8-4-2-1-3-5-8/h1-7H. The van der Waals surface area contributed by atoms with E-state index in [9.17, 15) is 10.1 Å². The van der Waals surface area contributed by atoms with Crippen LogP contribution >= 0.6 is 0 Å². The van der Waals surface area contributed by atoms with Gasteiger partial charge in [-0.3, -0.25) is 10.1 Å². The van der Waals surface area contributed by atoms with Crippen molar-refractivity contribution in [2.45, 2.75) is 0 Å². The molecule has 0 N–H and O–H groups in total. The highest BCUT2D eigenvalue weighted by molar-refractivity contribution is 5.58. The Kier molecular flexibility index (Phi) is 2.02. The molecule has 0 aliphatic heterocycles. The molecule has 70 valence electrons. The van der Waals surface area contributed by atoms with Gasteiger partial charge in [-0.1, -0.05) is 30.3 Å². The number of hydrogen-bond donors (Lipinski definition) is 0. The first-order chi connectivity index (χ1) is 6.77. The predicted octanol–water partition coefficient (Wildman–Crippen LogP) is 2.85. The molecule has 14 heavy (non-hydrogen) atoms. The summed E-state index contributed by atoms with van der Waals surface area (Å²) in [7, 11) is 0. The minimum atomic E-state index is -0.549. The average Bonchev–Trinajstić information content (AvgIpc) is 2.68. The summed E-state index contributed by atoms with van der Waals surface area (Å²) in [5.41, 5.74) is 0.834. The van der Waals surface area contributed by atoms with E-state index >= 15 is 0 Å². The second kappa shape index (κ2) is 3.33. The minimum absolute atomic E-state index is 0.233. The Hall–Kier alpha value is -2.10. The Morgan fingerprint density at radius 3 is 2.36 bits per heavy atom. The zero-order chi connectivity index (χ0) is 9.97. The van der Waals surface area contributed by atoms with E-state index in [1.54, 1.807) is 6.07 Å². The van der Waals surface area contributed by atoms with Gasteiger partial charge in [-0.2, -0.15) is 0 Å². The topological polar surface area (TPSA) is 56.3 Å². The number of nitrogens with zero attached hydrogens (tertiary/aromatic N) is 1. The van der Waals surface area contributed by atoms with Crippen LogP contribution in [0.1, 0.15) is 0 Å². The Labute approximate surface area is 79.9 Å². The van der Waals surface area contributed by atoms with Crippen LogP contribution in [-0.4, -0.2) is 4.92 Å². The number of hydrogen-bond acceptors (Lipinski definition) is 3. The number of furan rings is 1. The summed E-state index contributed by atoms with van der Waals surface area (Å²) in [5, 5.41) is 10.4. The average molecular weight is 189 g/mol. The Bertz CT molecular complexity index is 447. The molecule has 4 nitrogen and oxygen atoms in total. The second-order valence-electron chi connectivity index (χ2n) is 2.76. The molecule has 1 aromatic carbocycles. The van der Waals surface area contributed by atoms with Crippen LogP contribution < -0.4 is 0 Å². The van der Waals surface area contributed by atoms with Gasteiger partial charge in [0.2, 0.25) is 0 Å². The molecule has 0 fully saturated rings. The summed E-state index contributed by atoms with van der Waals surface area (Å²) in [4.78, 5) is 9.81. The first-order valence-electron chi connectivity index (χ1n) is 4.07. The van der Waals surface area contributed by atoms with E-state index in [0.29, 0.717) is 5.76 Å². The van der Waals surface area contributed by atoms with Crippen molar-refractivity contribution < 1.29 is 9.34 Å². The van der Waals surface area contributed by atoms with Crippen molar-refractivity contribution in [1.29, 1.82) is 0 Å². The summed E-state index contributed by atoms with van der Waals surface area (Å²) < 4.78 is 5.03. The van der Waals surface area contributed by atoms with Gasteiger partial charge in [0, 0.05) is 5.56 Å². The number of benzene rings is 1. The van der Waals surface area contributed by atoms with E-state index in [1.165, 1.54) is 6.07 Å². The number of rotatable bonds is 2. The highest BCUT2D eigenvalue weighted by atomic mass is 16.6. The summed E-state index contributed by atoms with van der Waals surface area (Å²) in [6.45, 7) is 0. The van der Waals surface area contributed by atoms with Crippen molar-refractivity contribution >= 4 is 5.88 Å². The van der Waals surface area contributed by atoms with E-state index in [0.717, 1.165) is 5.56 Å². The molecule has 0 amide bonds. The largest absolute Gasteiger partial charge is 0.433 e. The van der Waals surface area contributed by atoms with Crippen molar-refractivity contribution in [3.63, 3.8) is 0 Å². The van der Waals surface area contributed by atoms with Gasteiger partial charge in [0.1, 0.15) is 10.7 Å². The highest BCUT2D eigenvalue weighted by Gasteiger charge is 2.12. The van der Waals surface area contributed by atoms with Crippen LogP contribution in [0, 0.1) is 10.1 Å². The molecule has 4 heteroatoms. The van der Waals surface area contributed by atoms with Gasteiger partial charge >= 0.3 is 5.88 Å². The van der Waals surface area contributed by atoms with Crippen LogP contribution in [-0.2, 0) is 0 Å². The summed E-state index contributed by atoms with van der Waals surface area (Å²) in [6.07, 6.45) is 0. The first-order valence-corrected chi connectivity index (χ1v) is 4.07. The Balaban J connectivity index is 2.39. The zero-order valence-corrected chi connectivity index (χ0v) is 7.21. The minimum Gasteiger partial charge on any atom is -0.401 e. The van der Waals surface area contributed by atoms with E-state index < -0.39 is 4.92 Å². The van der Waals surface area contributed by atoms with Crippen molar-refractivity contribution in [2.75, 3.05) is 0 Å². The molecule has 0 bridgehead atoms. The molecule has 0 spiro atoms. The SMILES string of the molecule is O=[N+]([O-])c1ccc(-c2ccccc2)o1. The van der Waals surface area contributed by atoms with Gasteiger partial charge < -0.3 is 4.42 Å². The molecular weight excluding hydrogens is 182 g/mol. The Morgan fingerprint density at radius 2 is 1.79 bits per heavy atom. The van der Waals surface area contributed by atoms with E-state index in [2.05, 4.69) is 0 Å². The second-order valence-corrected chi connectivity index (χ2v) is 2.76. The zero-order valence-electron chi connectivity index (χ0n) is 7.21. The number of nitro groups is 1. The van der Waals surface area contributed by atoms with Gasteiger partial charge in [0.15, 0.2) is 0 Å². The molecule has 1 aromatic heterocycles. The van der Waals surface area contributed by atoms with Crippen LogP contribution in [0.15, 0.2) is 46.9 Å². The third-order valence-corrected chi connectivity index (χ3v) is 1.83. The molecular formula is C10H7NO3. The Morgan fingerprint density at radius 1 is 1.07 bits per heavy atom. The van der Waals surface area contributed by atoms with E-state index in [4.69, 9.17) is 4.42 Å². The van der Waals surface area contributed by atoms with Crippen LogP contribution in [0.5, 0.6) is 0 Å². The fourth-order valence-corrected chi connectivity index (χ4v) is 1.18. The molecule has 0 radical (unpaired) electrons. The molecule has 0 aliphatic rings. The third kappa shape index (κ3) is 1.50. The van der Waals surface area contributed by atoms with Gasteiger partial charge in [0.25, 0.3) is 0 Å². The lowest BCUT2D eigenvalue weighted by molar-refractivity contribution is -0.401. The van der Waals surface area contributed by atoms with Crippen LogP contribution in [0.4, 0.5) is 5.88 Å². The normalized spacial score (nSPS) is 10.0. The maximum atomic E-state index is 10.4. The first kappa shape index (κ1) is 8.50. The summed E-state index contributed by atoms with van der Waals surface area (Å²) in [6, 6.07) is 12.2. The highest BCUT2D eigenvalue weighted by Crippen LogP contribution is 2.25. The maximum absolute atomic E-state index is 10.4. The predicted molar refractivity (Wildman–Crippen MR) is 50.8 cm³/mol. The smallest absolute Gasteiger partial charge is 0.401 e. The lowest BCUT2D eigenvalue weighted by atomic mass is 10.2. The fraction of sp³-hybridized carbons (Fsp3) is 0. The molecule has 0 saturated heterocycles. The van der Waals surface area contributed by atoms with Crippen molar-refractivity contribution in [3.05, 3.63) is 52.6 Å². The molecule has 2 aromatic rings. The van der Waals surface area contributed by atoms with Gasteiger partial charge in [-0.25, -0.2) is 0 Å². The molecule has 0 saturated carbocycles.